The molecular formula is C15H23N. The standard InChI is InChI=1S/C15H23N/c1-3-13-10-11-16(12-14(13)4-2)15-8-6-5-7-9-15/h5-9,13-14H,3-4,10-12H2,1-2H3. The highest BCUT2D eigenvalue weighted by atomic mass is 15.1. The molecule has 0 aliphatic carbocycles. The number of rotatable bonds is 3. The van der Waals surface area contributed by atoms with Gasteiger partial charge < -0.3 is 4.90 Å². The van der Waals surface area contributed by atoms with Gasteiger partial charge in [0.1, 0.15) is 0 Å². The van der Waals surface area contributed by atoms with Crippen molar-refractivity contribution in [3.63, 3.8) is 0 Å². The number of para-hydroxylation sites is 1. The van der Waals surface area contributed by atoms with Crippen LogP contribution < -0.4 is 4.90 Å². The van der Waals surface area contributed by atoms with E-state index in [1.807, 2.05) is 0 Å². The summed E-state index contributed by atoms with van der Waals surface area (Å²) in [6.07, 6.45) is 4.03. The lowest BCUT2D eigenvalue weighted by atomic mass is 9.82. The van der Waals surface area contributed by atoms with Crippen LogP contribution in [0, 0.1) is 11.8 Å². The molecule has 88 valence electrons. The molecule has 1 nitrogen and oxygen atoms in total. The van der Waals surface area contributed by atoms with Crippen LogP contribution in [0.4, 0.5) is 5.69 Å². The van der Waals surface area contributed by atoms with E-state index in [1.54, 1.807) is 0 Å². The van der Waals surface area contributed by atoms with Gasteiger partial charge in [-0.2, -0.15) is 0 Å². The van der Waals surface area contributed by atoms with Crippen LogP contribution in [-0.2, 0) is 0 Å². The van der Waals surface area contributed by atoms with Crippen LogP contribution in [0.3, 0.4) is 0 Å². The second-order valence-electron chi connectivity index (χ2n) is 4.91. The van der Waals surface area contributed by atoms with E-state index in [9.17, 15) is 0 Å². The van der Waals surface area contributed by atoms with E-state index in [2.05, 4.69) is 49.1 Å². The Hall–Kier alpha value is -0.980. The zero-order valence-electron chi connectivity index (χ0n) is 10.5. The average molecular weight is 217 g/mol. The van der Waals surface area contributed by atoms with Gasteiger partial charge in [-0.1, -0.05) is 44.9 Å². The van der Waals surface area contributed by atoms with Crippen LogP contribution in [0.5, 0.6) is 0 Å². The maximum atomic E-state index is 2.56. The molecule has 0 amide bonds. The molecule has 2 atom stereocenters. The molecule has 1 aliphatic rings. The molecule has 0 N–H and O–H groups in total. The van der Waals surface area contributed by atoms with Crippen LogP contribution in [0.15, 0.2) is 30.3 Å². The van der Waals surface area contributed by atoms with Crippen LogP contribution in [0.2, 0.25) is 0 Å². The van der Waals surface area contributed by atoms with Crippen LogP contribution >= 0.6 is 0 Å². The lowest BCUT2D eigenvalue weighted by Crippen LogP contribution is -2.40. The normalized spacial score (nSPS) is 25.8. The van der Waals surface area contributed by atoms with Crippen LogP contribution in [0.25, 0.3) is 0 Å². The number of hydrogen-bond donors (Lipinski definition) is 0. The topological polar surface area (TPSA) is 3.24 Å². The third-order valence-corrected chi connectivity index (χ3v) is 4.06. The zero-order valence-corrected chi connectivity index (χ0v) is 10.5. The molecule has 0 spiro atoms. The van der Waals surface area contributed by atoms with E-state index in [0.717, 1.165) is 11.8 Å². The summed E-state index contributed by atoms with van der Waals surface area (Å²) >= 11 is 0. The van der Waals surface area contributed by atoms with Gasteiger partial charge in [-0.05, 0) is 30.4 Å². The van der Waals surface area contributed by atoms with Gasteiger partial charge in [0.25, 0.3) is 0 Å². The fraction of sp³-hybridized carbons (Fsp3) is 0.600. The van der Waals surface area contributed by atoms with Crippen LogP contribution in [0.1, 0.15) is 33.1 Å². The molecular weight excluding hydrogens is 194 g/mol. The fourth-order valence-corrected chi connectivity index (χ4v) is 2.95. The van der Waals surface area contributed by atoms with E-state index in [4.69, 9.17) is 0 Å². The molecule has 1 heterocycles. The minimum atomic E-state index is 0.888. The summed E-state index contributed by atoms with van der Waals surface area (Å²) in [5.74, 6) is 1.84. The molecule has 1 fully saturated rings. The third-order valence-electron chi connectivity index (χ3n) is 4.06. The Morgan fingerprint density at radius 2 is 1.75 bits per heavy atom. The number of nitrogens with zero attached hydrogens (tertiary/aromatic N) is 1. The lowest BCUT2D eigenvalue weighted by molar-refractivity contribution is 0.263. The molecule has 0 bridgehead atoms. The van der Waals surface area contributed by atoms with Gasteiger partial charge in [0.2, 0.25) is 0 Å². The summed E-state index contributed by atoms with van der Waals surface area (Å²) in [7, 11) is 0. The first-order valence-corrected chi connectivity index (χ1v) is 6.65. The van der Waals surface area contributed by atoms with Crippen molar-refractivity contribution < 1.29 is 0 Å². The van der Waals surface area contributed by atoms with Crippen molar-refractivity contribution in [3.05, 3.63) is 30.3 Å². The molecule has 1 heteroatoms. The first-order valence-electron chi connectivity index (χ1n) is 6.65. The molecule has 1 aromatic rings. The third kappa shape index (κ3) is 2.40. The second kappa shape index (κ2) is 5.38. The first kappa shape index (κ1) is 11.5. The monoisotopic (exact) mass is 217 g/mol. The molecule has 0 aromatic heterocycles. The van der Waals surface area contributed by atoms with Crippen LogP contribution in [-0.4, -0.2) is 13.1 Å². The molecule has 2 unspecified atom stereocenters. The lowest BCUT2D eigenvalue weighted by Gasteiger charge is -2.39. The van der Waals surface area contributed by atoms with E-state index in [1.165, 1.54) is 38.0 Å². The molecule has 2 rings (SSSR count). The molecule has 1 aliphatic heterocycles. The Morgan fingerprint density at radius 3 is 2.38 bits per heavy atom. The Bertz CT molecular complexity index is 306. The van der Waals surface area contributed by atoms with E-state index < -0.39 is 0 Å². The largest absolute Gasteiger partial charge is 0.371 e. The summed E-state index contributed by atoms with van der Waals surface area (Å²) in [5, 5.41) is 0. The van der Waals surface area contributed by atoms with Crippen molar-refractivity contribution in [2.24, 2.45) is 11.8 Å². The Labute approximate surface area is 99.5 Å². The number of piperidine rings is 1. The maximum absolute atomic E-state index is 2.56. The number of hydrogen-bond acceptors (Lipinski definition) is 1. The molecule has 1 aromatic carbocycles. The molecule has 1 saturated heterocycles. The number of benzene rings is 1. The summed E-state index contributed by atoms with van der Waals surface area (Å²) < 4.78 is 0. The van der Waals surface area contributed by atoms with Gasteiger partial charge >= 0.3 is 0 Å². The van der Waals surface area contributed by atoms with Gasteiger partial charge in [-0.25, -0.2) is 0 Å². The molecule has 0 saturated carbocycles. The summed E-state index contributed by atoms with van der Waals surface area (Å²) in [5.41, 5.74) is 1.40. The second-order valence-corrected chi connectivity index (χ2v) is 4.91. The fourth-order valence-electron chi connectivity index (χ4n) is 2.95. The van der Waals surface area contributed by atoms with Gasteiger partial charge in [-0.15, -0.1) is 0 Å². The van der Waals surface area contributed by atoms with Crippen molar-refractivity contribution in [1.29, 1.82) is 0 Å². The predicted molar refractivity (Wildman–Crippen MR) is 70.8 cm³/mol. The van der Waals surface area contributed by atoms with Gasteiger partial charge in [0.15, 0.2) is 0 Å². The minimum Gasteiger partial charge on any atom is -0.371 e. The van der Waals surface area contributed by atoms with Gasteiger partial charge in [0, 0.05) is 18.8 Å². The van der Waals surface area contributed by atoms with E-state index in [-0.39, 0.29) is 0 Å². The molecule has 0 radical (unpaired) electrons. The van der Waals surface area contributed by atoms with Crippen molar-refractivity contribution in [2.45, 2.75) is 33.1 Å². The number of anilines is 1. The molecule has 16 heavy (non-hydrogen) atoms. The van der Waals surface area contributed by atoms with Gasteiger partial charge in [0.05, 0.1) is 0 Å². The smallest absolute Gasteiger partial charge is 0.0366 e. The minimum absolute atomic E-state index is 0.888. The highest BCUT2D eigenvalue weighted by Crippen LogP contribution is 2.31. The zero-order chi connectivity index (χ0) is 11.4. The average Bonchev–Trinajstić information content (AvgIpc) is 2.39. The van der Waals surface area contributed by atoms with Crippen molar-refractivity contribution in [1.82, 2.24) is 0 Å². The quantitative estimate of drug-likeness (QED) is 0.741. The van der Waals surface area contributed by atoms with Gasteiger partial charge in [-0.3, -0.25) is 0 Å². The summed E-state index contributed by atoms with van der Waals surface area (Å²) in [6, 6.07) is 10.8. The van der Waals surface area contributed by atoms with Crippen molar-refractivity contribution >= 4 is 5.69 Å². The highest BCUT2D eigenvalue weighted by molar-refractivity contribution is 5.46. The maximum Gasteiger partial charge on any atom is 0.0366 e. The van der Waals surface area contributed by atoms with Crippen molar-refractivity contribution in [3.8, 4) is 0 Å². The summed E-state index contributed by atoms with van der Waals surface area (Å²) in [6.45, 7) is 7.16. The van der Waals surface area contributed by atoms with Crippen molar-refractivity contribution in [2.75, 3.05) is 18.0 Å². The summed E-state index contributed by atoms with van der Waals surface area (Å²) in [4.78, 5) is 2.56. The highest BCUT2D eigenvalue weighted by Gasteiger charge is 2.26. The Balaban J connectivity index is 2.05. The van der Waals surface area contributed by atoms with E-state index in [0.29, 0.717) is 0 Å². The van der Waals surface area contributed by atoms with E-state index >= 15 is 0 Å². The SMILES string of the molecule is CCC1CCN(c2ccccc2)CC1CC. The predicted octanol–water partition coefficient (Wildman–Crippen LogP) is 3.95. The Kier molecular flexibility index (Phi) is 3.87. The Morgan fingerprint density at radius 1 is 1.06 bits per heavy atom. The first-order chi connectivity index (χ1) is 7.85.